The summed E-state index contributed by atoms with van der Waals surface area (Å²) in [5, 5.41) is 0. The van der Waals surface area contributed by atoms with E-state index in [-0.39, 0.29) is 23.1 Å². The van der Waals surface area contributed by atoms with Crippen LogP contribution in [0.5, 0.6) is 5.95 Å². The van der Waals surface area contributed by atoms with E-state index in [1.54, 1.807) is 27.7 Å². The van der Waals surface area contributed by atoms with Gasteiger partial charge in [-0.25, -0.2) is 0 Å². The Bertz CT molecular complexity index is 819. The van der Waals surface area contributed by atoms with Crippen LogP contribution in [0.2, 0.25) is 0 Å². The highest BCUT2D eigenvalue weighted by Gasteiger charge is 2.25. The van der Waals surface area contributed by atoms with Crippen molar-refractivity contribution in [2.75, 3.05) is 7.11 Å². The Balaban J connectivity index is 3.73. The van der Waals surface area contributed by atoms with Gasteiger partial charge in [0.2, 0.25) is 0 Å². The van der Waals surface area contributed by atoms with Gasteiger partial charge in [0.15, 0.2) is 11.2 Å². The summed E-state index contributed by atoms with van der Waals surface area (Å²) in [6, 6.07) is 0. The van der Waals surface area contributed by atoms with Crippen LogP contribution in [0, 0.1) is 13.8 Å². The molecule has 25 heavy (non-hydrogen) atoms. The molecule has 1 unspecified atom stereocenters. The summed E-state index contributed by atoms with van der Waals surface area (Å²) in [7, 11) is 1.47. The number of ketones is 1. The number of hydrogen-bond acceptors (Lipinski definition) is 4. The van der Waals surface area contributed by atoms with Crippen LogP contribution in [0.25, 0.3) is 0 Å². The van der Waals surface area contributed by atoms with Gasteiger partial charge in [-0.3, -0.25) is 9.59 Å². The molecule has 0 aromatic carbocycles. The summed E-state index contributed by atoms with van der Waals surface area (Å²) < 4.78 is 11.1. The Hall–Kier alpha value is -2.36. The van der Waals surface area contributed by atoms with Gasteiger partial charge >= 0.3 is 0 Å². The van der Waals surface area contributed by atoms with Crippen LogP contribution in [-0.2, 0) is 4.79 Å². The highest BCUT2D eigenvalue weighted by molar-refractivity contribution is 6.08. The summed E-state index contributed by atoms with van der Waals surface area (Å²) in [4.78, 5) is 25.0. The predicted octanol–water partition coefficient (Wildman–Crippen LogP) is 4.80. The quantitative estimate of drug-likeness (QED) is 0.549. The molecule has 4 heteroatoms. The van der Waals surface area contributed by atoms with E-state index in [1.165, 1.54) is 7.11 Å². The van der Waals surface area contributed by atoms with Crippen molar-refractivity contribution in [3.63, 3.8) is 0 Å². The molecule has 0 fully saturated rings. The Morgan fingerprint density at radius 3 is 2.20 bits per heavy atom. The molecule has 1 heterocycles. The van der Waals surface area contributed by atoms with E-state index in [4.69, 9.17) is 9.15 Å². The number of carbonyl (C=O) groups excluding carboxylic acids is 1. The summed E-state index contributed by atoms with van der Waals surface area (Å²) in [5.41, 5.74) is 3.75. The maximum atomic E-state index is 12.5. The molecule has 1 atom stereocenters. The molecule has 0 aliphatic carbocycles. The molecule has 1 aromatic rings. The van der Waals surface area contributed by atoms with Crippen molar-refractivity contribution >= 4 is 5.78 Å². The minimum atomic E-state index is -0.276. The number of hydrogen-bond donors (Lipinski definition) is 0. The lowest BCUT2D eigenvalue weighted by Crippen LogP contribution is -2.17. The van der Waals surface area contributed by atoms with Gasteiger partial charge in [0.1, 0.15) is 5.76 Å². The minimum Gasteiger partial charge on any atom is -0.468 e. The lowest BCUT2D eigenvalue weighted by atomic mass is 9.85. The van der Waals surface area contributed by atoms with Crippen molar-refractivity contribution < 1.29 is 13.9 Å². The average Bonchev–Trinajstić information content (AvgIpc) is 2.58. The van der Waals surface area contributed by atoms with E-state index in [0.717, 1.165) is 11.1 Å². The van der Waals surface area contributed by atoms with Crippen molar-refractivity contribution in [2.24, 2.45) is 0 Å². The molecule has 0 spiro atoms. The molecule has 0 amide bonds. The molecule has 1 aromatic heterocycles. The van der Waals surface area contributed by atoms with Gasteiger partial charge in [0.05, 0.1) is 12.7 Å². The van der Waals surface area contributed by atoms with E-state index in [2.05, 4.69) is 6.58 Å². The van der Waals surface area contributed by atoms with Gasteiger partial charge in [-0.05, 0) is 52.7 Å². The zero-order chi connectivity index (χ0) is 19.5. The second-order valence-electron chi connectivity index (χ2n) is 6.38. The zero-order valence-corrected chi connectivity index (χ0v) is 16.5. The molecule has 136 valence electrons. The number of ether oxygens (including phenoxy) is 1. The molecule has 0 saturated carbocycles. The smallest absolute Gasteiger partial charge is 0.291 e. The summed E-state index contributed by atoms with van der Waals surface area (Å²) in [6.45, 7) is 16.4. The fraction of sp³-hybridized carbons (Fsp3) is 0.429. The Kier molecular flexibility index (Phi) is 6.74. The first-order chi connectivity index (χ1) is 11.6. The van der Waals surface area contributed by atoms with E-state index >= 15 is 0 Å². The van der Waals surface area contributed by atoms with Gasteiger partial charge in [0.25, 0.3) is 5.95 Å². The summed E-state index contributed by atoms with van der Waals surface area (Å²) in [5.74, 6) is 0.347. The molecule has 0 saturated heterocycles. The van der Waals surface area contributed by atoms with Crippen molar-refractivity contribution in [3.05, 3.63) is 62.1 Å². The third kappa shape index (κ3) is 4.01. The first-order valence-corrected chi connectivity index (χ1v) is 8.30. The topological polar surface area (TPSA) is 56.5 Å². The fourth-order valence-electron chi connectivity index (χ4n) is 3.04. The SMILES string of the molecule is C=C(C)C(=O)/C(C)=C(\C(C)=C\C)C(C)c1oc(OC)c(C)c(=O)c1C. The van der Waals surface area contributed by atoms with E-state index in [1.807, 2.05) is 26.8 Å². The molecule has 0 N–H and O–H groups in total. The lowest BCUT2D eigenvalue weighted by molar-refractivity contribution is -0.112. The first-order valence-electron chi connectivity index (χ1n) is 8.30. The van der Waals surface area contributed by atoms with Crippen molar-refractivity contribution in [1.82, 2.24) is 0 Å². The first kappa shape index (κ1) is 20.7. The third-order valence-corrected chi connectivity index (χ3v) is 4.56. The molecule has 0 aliphatic heterocycles. The second-order valence-corrected chi connectivity index (χ2v) is 6.38. The maximum Gasteiger partial charge on any atom is 0.291 e. The molecule has 0 bridgehead atoms. The van der Waals surface area contributed by atoms with Crippen LogP contribution in [0.15, 0.2) is 44.2 Å². The van der Waals surface area contributed by atoms with Crippen LogP contribution in [0.4, 0.5) is 0 Å². The highest BCUT2D eigenvalue weighted by Crippen LogP contribution is 2.35. The highest BCUT2D eigenvalue weighted by atomic mass is 16.6. The largest absolute Gasteiger partial charge is 0.468 e. The van der Waals surface area contributed by atoms with Crippen molar-refractivity contribution in [3.8, 4) is 5.95 Å². The maximum absolute atomic E-state index is 12.5. The van der Waals surface area contributed by atoms with Crippen LogP contribution in [-0.4, -0.2) is 12.9 Å². The minimum absolute atomic E-state index is 0.0953. The Labute approximate surface area is 149 Å². The Morgan fingerprint density at radius 2 is 1.76 bits per heavy atom. The zero-order valence-electron chi connectivity index (χ0n) is 16.5. The Morgan fingerprint density at radius 1 is 1.20 bits per heavy atom. The van der Waals surface area contributed by atoms with Crippen LogP contribution in [0.3, 0.4) is 0 Å². The van der Waals surface area contributed by atoms with Crippen LogP contribution >= 0.6 is 0 Å². The number of rotatable bonds is 6. The van der Waals surface area contributed by atoms with Crippen LogP contribution in [0.1, 0.15) is 57.4 Å². The third-order valence-electron chi connectivity index (χ3n) is 4.56. The molecular weight excluding hydrogens is 316 g/mol. The van der Waals surface area contributed by atoms with Crippen molar-refractivity contribution in [1.29, 1.82) is 0 Å². The predicted molar refractivity (Wildman–Crippen MR) is 101 cm³/mol. The molecular formula is C21H28O4. The number of carbonyl (C=O) groups is 1. The van der Waals surface area contributed by atoms with Gasteiger partial charge < -0.3 is 9.15 Å². The van der Waals surface area contributed by atoms with Crippen LogP contribution < -0.4 is 10.2 Å². The molecule has 4 nitrogen and oxygen atoms in total. The van der Waals surface area contributed by atoms with Crippen molar-refractivity contribution in [2.45, 2.75) is 54.4 Å². The number of Topliss-reactive ketones (excluding diaryl/α,β-unsaturated/α-hetero) is 1. The molecule has 0 aliphatic rings. The van der Waals surface area contributed by atoms with Gasteiger partial charge in [-0.1, -0.05) is 25.2 Å². The fourth-order valence-corrected chi connectivity index (χ4v) is 3.04. The standard InChI is InChI=1S/C21H28O4/c1-10-12(4)17(13(5)18(22)11(2)3)14(6)20-15(7)19(23)16(8)21(24-9)25-20/h10,14H,2H2,1,3-9H3/b12-10+,17-13+. The molecule has 0 radical (unpaired) electrons. The van der Waals surface area contributed by atoms with E-state index in [0.29, 0.717) is 28.0 Å². The van der Waals surface area contributed by atoms with Gasteiger partial charge in [-0.2, -0.15) is 0 Å². The van der Waals surface area contributed by atoms with Gasteiger partial charge in [-0.15, -0.1) is 0 Å². The van der Waals surface area contributed by atoms with E-state index < -0.39 is 0 Å². The average molecular weight is 344 g/mol. The molecule has 1 rings (SSSR count). The lowest BCUT2D eigenvalue weighted by Gasteiger charge is -2.21. The monoisotopic (exact) mass is 344 g/mol. The summed E-state index contributed by atoms with van der Waals surface area (Å²) in [6.07, 6.45) is 1.94. The number of allylic oxidation sites excluding steroid dienone is 5. The normalized spacial score (nSPS) is 14.0. The summed E-state index contributed by atoms with van der Waals surface area (Å²) >= 11 is 0. The van der Waals surface area contributed by atoms with E-state index in [9.17, 15) is 9.59 Å². The second kappa shape index (κ2) is 8.15. The van der Waals surface area contributed by atoms with Gasteiger partial charge in [0, 0.05) is 17.1 Å². The number of methoxy groups -OCH3 is 1.